The van der Waals surface area contributed by atoms with Crippen LogP contribution >= 0.6 is 0 Å². The minimum atomic E-state index is 0.349. The van der Waals surface area contributed by atoms with E-state index in [2.05, 4.69) is 22.4 Å². The lowest BCUT2D eigenvalue weighted by atomic mass is 10.2. The van der Waals surface area contributed by atoms with E-state index in [4.69, 9.17) is 10.5 Å². The van der Waals surface area contributed by atoms with Crippen molar-refractivity contribution in [2.24, 2.45) is 5.73 Å². The van der Waals surface area contributed by atoms with Gasteiger partial charge in [-0.3, -0.25) is 0 Å². The molecule has 3 aromatic rings. The van der Waals surface area contributed by atoms with E-state index in [1.807, 2.05) is 53.2 Å². The number of ether oxygens (including phenoxy) is 1. The Hall–Kier alpha value is -2.66. The molecule has 0 saturated carbocycles. The van der Waals surface area contributed by atoms with Gasteiger partial charge >= 0.3 is 0 Å². The first-order chi connectivity index (χ1) is 10.9. The summed E-state index contributed by atoms with van der Waals surface area (Å²) >= 11 is 0. The maximum Gasteiger partial charge on any atom is 0.132 e. The van der Waals surface area contributed by atoms with Crippen molar-refractivity contribution in [3.8, 4) is 5.75 Å². The third-order valence-corrected chi connectivity index (χ3v) is 3.41. The van der Waals surface area contributed by atoms with Gasteiger partial charge in [0.05, 0.1) is 6.54 Å². The van der Waals surface area contributed by atoms with Crippen molar-refractivity contribution in [2.75, 3.05) is 0 Å². The first kappa shape index (κ1) is 14.3. The lowest BCUT2D eigenvalue weighted by molar-refractivity contribution is 0.292. The molecule has 1 heterocycles. The van der Waals surface area contributed by atoms with Crippen molar-refractivity contribution < 1.29 is 4.74 Å². The van der Waals surface area contributed by atoms with E-state index in [1.54, 1.807) is 0 Å². The average molecular weight is 294 g/mol. The van der Waals surface area contributed by atoms with E-state index >= 15 is 0 Å². The normalized spacial score (nSPS) is 10.6. The van der Waals surface area contributed by atoms with Crippen molar-refractivity contribution in [1.82, 2.24) is 15.0 Å². The maximum absolute atomic E-state index is 5.81. The van der Waals surface area contributed by atoms with Gasteiger partial charge in [0, 0.05) is 6.54 Å². The van der Waals surface area contributed by atoms with Crippen molar-refractivity contribution >= 4 is 0 Å². The van der Waals surface area contributed by atoms with Crippen molar-refractivity contribution in [3.63, 3.8) is 0 Å². The van der Waals surface area contributed by atoms with E-state index in [1.165, 1.54) is 0 Å². The van der Waals surface area contributed by atoms with E-state index in [9.17, 15) is 0 Å². The van der Waals surface area contributed by atoms with Crippen molar-refractivity contribution in [3.05, 3.63) is 77.6 Å². The quantitative estimate of drug-likeness (QED) is 0.758. The Morgan fingerprint density at radius 3 is 2.32 bits per heavy atom. The molecule has 0 atom stereocenters. The second-order valence-corrected chi connectivity index (χ2v) is 4.93. The number of nitrogens with zero attached hydrogens (tertiary/aromatic N) is 3. The summed E-state index contributed by atoms with van der Waals surface area (Å²) in [4.78, 5) is 0. The molecule has 0 aliphatic rings. The molecule has 5 heteroatoms. The number of nitrogens with two attached hydrogens (primary N) is 1. The number of hydrogen-bond acceptors (Lipinski definition) is 4. The predicted molar refractivity (Wildman–Crippen MR) is 84.2 cm³/mol. The molecule has 2 N–H and O–H groups in total. The lowest BCUT2D eigenvalue weighted by Crippen LogP contribution is -2.11. The second kappa shape index (κ2) is 6.87. The van der Waals surface area contributed by atoms with Crippen LogP contribution in [-0.2, 0) is 19.7 Å². The van der Waals surface area contributed by atoms with Gasteiger partial charge in [-0.15, -0.1) is 5.10 Å². The molecule has 0 aliphatic carbocycles. The molecule has 0 fully saturated rings. The molecule has 0 amide bonds. The highest BCUT2D eigenvalue weighted by atomic mass is 16.5. The van der Waals surface area contributed by atoms with Gasteiger partial charge in [-0.05, 0) is 17.7 Å². The smallest absolute Gasteiger partial charge is 0.132 e. The van der Waals surface area contributed by atoms with Crippen LogP contribution in [0.2, 0.25) is 0 Å². The molecule has 0 bridgehead atoms. The Bertz CT molecular complexity index is 710. The Balaban J connectivity index is 1.78. The van der Waals surface area contributed by atoms with E-state index < -0.39 is 0 Å². The summed E-state index contributed by atoms with van der Waals surface area (Å²) in [5.41, 5.74) is 8.60. The van der Waals surface area contributed by atoms with Crippen LogP contribution in [0.4, 0.5) is 0 Å². The van der Waals surface area contributed by atoms with Gasteiger partial charge in [0.15, 0.2) is 0 Å². The lowest BCUT2D eigenvalue weighted by Gasteiger charge is -2.10. The van der Waals surface area contributed by atoms with E-state index in [0.29, 0.717) is 19.7 Å². The van der Waals surface area contributed by atoms with Crippen molar-refractivity contribution in [1.29, 1.82) is 0 Å². The van der Waals surface area contributed by atoms with Gasteiger partial charge in [0.2, 0.25) is 0 Å². The molecule has 0 aliphatic heterocycles. The van der Waals surface area contributed by atoms with Crippen LogP contribution in [-0.4, -0.2) is 15.0 Å². The molecule has 5 nitrogen and oxygen atoms in total. The van der Waals surface area contributed by atoms with Gasteiger partial charge in [-0.25, -0.2) is 4.68 Å². The zero-order valence-corrected chi connectivity index (χ0v) is 12.2. The van der Waals surface area contributed by atoms with Gasteiger partial charge < -0.3 is 10.5 Å². The highest BCUT2D eigenvalue weighted by molar-refractivity contribution is 5.22. The summed E-state index contributed by atoms with van der Waals surface area (Å²) in [7, 11) is 0. The van der Waals surface area contributed by atoms with Crippen LogP contribution in [0.1, 0.15) is 17.0 Å². The molecule has 0 radical (unpaired) electrons. The highest BCUT2D eigenvalue weighted by Gasteiger charge is 2.12. The molecule has 0 unspecified atom stereocenters. The summed E-state index contributed by atoms with van der Waals surface area (Å²) in [6.07, 6.45) is 0. The van der Waals surface area contributed by atoms with Gasteiger partial charge in [0.25, 0.3) is 0 Å². The molecule has 22 heavy (non-hydrogen) atoms. The first-order valence-corrected chi connectivity index (χ1v) is 7.20. The molecule has 0 saturated heterocycles. The van der Waals surface area contributed by atoms with Crippen LogP contribution in [0, 0.1) is 0 Å². The minimum Gasteiger partial charge on any atom is -0.487 e. The summed E-state index contributed by atoms with van der Waals surface area (Å²) in [5.74, 6) is 0.818. The largest absolute Gasteiger partial charge is 0.487 e. The number of rotatable bonds is 6. The molecule has 0 spiro atoms. The Kier molecular flexibility index (Phi) is 4.46. The monoisotopic (exact) mass is 294 g/mol. The Labute approximate surface area is 129 Å². The zero-order valence-electron chi connectivity index (χ0n) is 12.2. The van der Waals surface area contributed by atoms with Crippen LogP contribution < -0.4 is 10.5 Å². The molecular formula is C17H18N4O. The van der Waals surface area contributed by atoms with Crippen molar-refractivity contribution in [2.45, 2.75) is 19.7 Å². The van der Waals surface area contributed by atoms with Crippen LogP contribution in [0.5, 0.6) is 5.75 Å². The SMILES string of the molecule is NCc1nnn(Cc2ccccc2)c1COc1ccccc1. The molecular weight excluding hydrogens is 276 g/mol. The molecule has 3 rings (SSSR count). The molecule has 2 aromatic carbocycles. The van der Waals surface area contributed by atoms with Gasteiger partial charge in [0.1, 0.15) is 23.7 Å². The number of para-hydroxylation sites is 1. The molecule has 112 valence electrons. The van der Waals surface area contributed by atoms with Crippen LogP contribution in [0.3, 0.4) is 0 Å². The highest BCUT2D eigenvalue weighted by Crippen LogP contribution is 2.14. The fourth-order valence-electron chi connectivity index (χ4n) is 2.24. The fraction of sp³-hybridized carbons (Fsp3) is 0.176. The fourth-order valence-corrected chi connectivity index (χ4v) is 2.24. The number of hydrogen-bond donors (Lipinski definition) is 1. The number of aromatic nitrogens is 3. The summed E-state index contributed by atoms with van der Waals surface area (Å²) < 4.78 is 7.66. The minimum absolute atomic E-state index is 0.349. The maximum atomic E-state index is 5.81. The third-order valence-electron chi connectivity index (χ3n) is 3.41. The molecule has 1 aromatic heterocycles. The Morgan fingerprint density at radius 2 is 1.64 bits per heavy atom. The standard InChI is InChI=1S/C17H18N4O/c18-11-16-17(13-22-15-9-5-2-6-10-15)21(20-19-16)12-14-7-3-1-4-8-14/h1-10H,11-13,18H2. The van der Waals surface area contributed by atoms with Crippen LogP contribution in [0.25, 0.3) is 0 Å². The first-order valence-electron chi connectivity index (χ1n) is 7.20. The average Bonchev–Trinajstić information content (AvgIpc) is 2.96. The predicted octanol–water partition coefficient (Wildman–Crippen LogP) is 2.36. The zero-order chi connectivity index (χ0) is 15.2. The van der Waals surface area contributed by atoms with Gasteiger partial charge in [-0.1, -0.05) is 53.7 Å². The van der Waals surface area contributed by atoms with E-state index in [-0.39, 0.29) is 0 Å². The summed E-state index contributed by atoms with van der Waals surface area (Å²) in [6.45, 7) is 1.40. The number of benzene rings is 2. The third kappa shape index (κ3) is 3.32. The Morgan fingerprint density at radius 1 is 0.955 bits per heavy atom. The van der Waals surface area contributed by atoms with Gasteiger partial charge in [-0.2, -0.15) is 0 Å². The van der Waals surface area contributed by atoms with Crippen LogP contribution in [0.15, 0.2) is 60.7 Å². The topological polar surface area (TPSA) is 66.0 Å². The second-order valence-electron chi connectivity index (χ2n) is 4.93. The van der Waals surface area contributed by atoms with E-state index in [0.717, 1.165) is 22.7 Å². The summed E-state index contributed by atoms with van der Waals surface area (Å²) in [5, 5.41) is 8.35. The summed E-state index contributed by atoms with van der Waals surface area (Å²) in [6, 6.07) is 19.8.